The van der Waals surface area contributed by atoms with Crippen LogP contribution in [-0.2, 0) is 9.53 Å². The van der Waals surface area contributed by atoms with Crippen LogP contribution in [0, 0.1) is 11.3 Å². The Hall–Kier alpha value is -1.31. The predicted molar refractivity (Wildman–Crippen MR) is 101 cm³/mol. The van der Waals surface area contributed by atoms with Gasteiger partial charge in [-0.25, -0.2) is 0 Å². The van der Waals surface area contributed by atoms with Gasteiger partial charge in [0.2, 0.25) is 0 Å². The van der Waals surface area contributed by atoms with Gasteiger partial charge < -0.3 is 4.74 Å². The van der Waals surface area contributed by atoms with E-state index in [0.29, 0.717) is 12.3 Å². The third-order valence-corrected chi connectivity index (χ3v) is 5.75. The average molecular weight is 331 g/mol. The van der Waals surface area contributed by atoms with E-state index in [4.69, 9.17) is 4.74 Å². The molecule has 1 saturated carbocycles. The molecule has 0 spiro atoms. The molecule has 1 unspecified atom stereocenters. The van der Waals surface area contributed by atoms with E-state index in [1.807, 2.05) is 6.08 Å². The first-order valence-electron chi connectivity index (χ1n) is 9.65. The van der Waals surface area contributed by atoms with E-state index >= 15 is 0 Å². The molecule has 2 aliphatic rings. The molecule has 0 N–H and O–H groups in total. The van der Waals surface area contributed by atoms with Crippen LogP contribution in [0.15, 0.2) is 35.6 Å². The minimum Gasteiger partial charge on any atom is -0.486 e. The lowest BCUT2D eigenvalue weighted by atomic mass is 9.65. The summed E-state index contributed by atoms with van der Waals surface area (Å²) in [5, 5.41) is 0. The smallest absolute Gasteiger partial charge is 0.155 e. The summed E-state index contributed by atoms with van der Waals surface area (Å²) in [4.78, 5) is 11.9. The lowest BCUT2D eigenvalue weighted by Crippen LogP contribution is -2.37. The molecule has 0 aliphatic heterocycles. The molecule has 0 aromatic heterocycles. The second kappa shape index (κ2) is 8.18. The second-order valence-corrected chi connectivity index (χ2v) is 8.02. The van der Waals surface area contributed by atoms with Crippen molar-refractivity contribution < 1.29 is 9.53 Å². The van der Waals surface area contributed by atoms with Gasteiger partial charge in [0, 0.05) is 6.42 Å². The predicted octanol–water partition coefficient (Wildman–Crippen LogP) is 6.14. The zero-order valence-corrected chi connectivity index (χ0v) is 16.0. The maximum Gasteiger partial charge on any atom is 0.155 e. The van der Waals surface area contributed by atoms with Crippen molar-refractivity contribution in [1.29, 1.82) is 0 Å². The number of fused-ring (bicyclic) bond motifs is 1. The summed E-state index contributed by atoms with van der Waals surface area (Å²) >= 11 is 0. The SMILES string of the molecule is C=C(O[C@@H]1CCC[C@@]2(C)CCC(=O)C=C12)/C(C)=C/C(C)CCCC. The average Bonchev–Trinajstić information content (AvgIpc) is 2.54. The topological polar surface area (TPSA) is 26.3 Å². The molecule has 3 atom stereocenters. The summed E-state index contributed by atoms with van der Waals surface area (Å²) < 4.78 is 6.26. The molecule has 2 aliphatic carbocycles. The highest BCUT2D eigenvalue weighted by Crippen LogP contribution is 2.47. The van der Waals surface area contributed by atoms with E-state index in [2.05, 4.69) is 40.3 Å². The lowest BCUT2D eigenvalue weighted by Gasteiger charge is -2.43. The maximum atomic E-state index is 11.9. The monoisotopic (exact) mass is 330 g/mol. The van der Waals surface area contributed by atoms with Crippen molar-refractivity contribution >= 4 is 5.78 Å². The Morgan fingerprint density at radius 2 is 2.25 bits per heavy atom. The molecule has 1 fully saturated rings. The number of carbonyl (C=O) groups excluding carboxylic acids is 1. The van der Waals surface area contributed by atoms with Gasteiger partial charge in [-0.2, -0.15) is 0 Å². The third kappa shape index (κ3) is 4.62. The Balaban J connectivity index is 2.05. The van der Waals surface area contributed by atoms with Crippen molar-refractivity contribution in [2.24, 2.45) is 11.3 Å². The first-order valence-corrected chi connectivity index (χ1v) is 9.65. The maximum absolute atomic E-state index is 11.9. The molecule has 24 heavy (non-hydrogen) atoms. The molecule has 0 saturated heterocycles. The van der Waals surface area contributed by atoms with Crippen LogP contribution >= 0.6 is 0 Å². The molecule has 0 aromatic carbocycles. The number of allylic oxidation sites excluding steroid dienone is 3. The van der Waals surface area contributed by atoms with E-state index < -0.39 is 0 Å². The van der Waals surface area contributed by atoms with Crippen LogP contribution < -0.4 is 0 Å². The molecule has 0 bridgehead atoms. The molecule has 0 radical (unpaired) electrons. The fraction of sp³-hybridized carbons (Fsp3) is 0.682. The van der Waals surface area contributed by atoms with E-state index in [9.17, 15) is 4.79 Å². The Bertz CT molecular complexity index is 540. The molecular formula is C22H34O2. The Morgan fingerprint density at radius 1 is 1.50 bits per heavy atom. The lowest BCUT2D eigenvalue weighted by molar-refractivity contribution is -0.116. The number of ketones is 1. The van der Waals surface area contributed by atoms with Gasteiger partial charge in [-0.05, 0) is 67.6 Å². The zero-order valence-electron chi connectivity index (χ0n) is 16.0. The van der Waals surface area contributed by atoms with Crippen molar-refractivity contribution in [3.05, 3.63) is 35.6 Å². The highest BCUT2D eigenvalue weighted by Gasteiger charge is 2.41. The number of carbonyl (C=O) groups is 1. The third-order valence-electron chi connectivity index (χ3n) is 5.75. The van der Waals surface area contributed by atoms with Crippen molar-refractivity contribution in [2.45, 2.75) is 85.2 Å². The summed E-state index contributed by atoms with van der Waals surface area (Å²) in [6.45, 7) is 13.0. The number of hydrogen-bond donors (Lipinski definition) is 0. The summed E-state index contributed by atoms with van der Waals surface area (Å²) in [6, 6.07) is 0. The van der Waals surface area contributed by atoms with Gasteiger partial charge in [0.25, 0.3) is 0 Å². The summed E-state index contributed by atoms with van der Waals surface area (Å²) in [6.07, 6.45) is 12.8. The number of hydrogen-bond acceptors (Lipinski definition) is 2. The van der Waals surface area contributed by atoms with Crippen LogP contribution in [0.4, 0.5) is 0 Å². The fourth-order valence-corrected chi connectivity index (χ4v) is 4.06. The minimum absolute atomic E-state index is 0.0230. The van der Waals surface area contributed by atoms with Crippen LogP contribution in [0.3, 0.4) is 0 Å². The fourth-order valence-electron chi connectivity index (χ4n) is 4.06. The first-order chi connectivity index (χ1) is 11.4. The first kappa shape index (κ1) is 19.0. The normalized spacial score (nSPS) is 28.8. The van der Waals surface area contributed by atoms with E-state index in [0.717, 1.165) is 30.6 Å². The van der Waals surface area contributed by atoms with Gasteiger partial charge in [0.1, 0.15) is 11.9 Å². The van der Waals surface area contributed by atoms with Crippen molar-refractivity contribution in [3.8, 4) is 0 Å². The Kier molecular flexibility index (Phi) is 6.48. The summed E-state index contributed by atoms with van der Waals surface area (Å²) in [5.41, 5.74) is 2.48. The zero-order chi connectivity index (χ0) is 17.7. The van der Waals surface area contributed by atoms with Gasteiger partial charge in [-0.3, -0.25) is 4.79 Å². The molecule has 0 heterocycles. The Labute approximate surface area is 148 Å². The van der Waals surface area contributed by atoms with Crippen LogP contribution in [0.5, 0.6) is 0 Å². The highest BCUT2D eigenvalue weighted by molar-refractivity contribution is 5.91. The number of unbranched alkanes of at least 4 members (excludes halogenated alkanes) is 1. The molecule has 2 rings (SSSR count). The largest absolute Gasteiger partial charge is 0.486 e. The highest BCUT2D eigenvalue weighted by atomic mass is 16.5. The Morgan fingerprint density at radius 3 is 2.96 bits per heavy atom. The van der Waals surface area contributed by atoms with Crippen LogP contribution in [0.1, 0.15) is 79.1 Å². The molecule has 0 amide bonds. The number of rotatable bonds is 7. The summed E-state index contributed by atoms with van der Waals surface area (Å²) in [7, 11) is 0. The molecule has 134 valence electrons. The molecular weight excluding hydrogens is 296 g/mol. The summed E-state index contributed by atoms with van der Waals surface area (Å²) in [5.74, 6) is 1.58. The van der Waals surface area contributed by atoms with E-state index in [1.165, 1.54) is 31.3 Å². The van der Waals surface area contributed by atoms with Gasteiger partial charge in [0.15, 0.2) is 5.78 Å². The van der Waals surface area contributed by atoms with Crippen molar-refractivity contribution in [1.82, 2.24) is 0 Å². The van der Waals surface area contributed by atoms with Crippen LogP contribution in [-0.4, -0.2) is 11.9 Å². The van der Waals surface area contributed by atoms with E-state index in [-0.39, 0.29) is 17.3 Å². The minimum atomic E-state index is 0.0230. The van der Waals surface area contributed by atoms with Gasteiger partial charge >= 0.3 is 0 Å². The van der Waals surface area contributed by atoms with Crippen molar-refractivity contribution in [3.63, 3.8) is 0 Å². The molecule has 2 nitrogen and oxygen atoms in total. The quantitative estimate of drug-likeness (QED) is 0.414. The number of ether oxygens (including phenoxy) is 1. The van der Waals surface area contributed by atoms with Gasteiger partial charge in [-0.1, -0.05) is 46.3 Å². The standard InChI is InChI=1S/C22H34O2/c1-6-7-9-16(2)14-17(3)18(4)24-21-10-8-12-22(5)13-11-19(23)15-20(21)22/h14-16,21H,4,6-13H2,1-3,5H3/b17-14+/t16?,21-,22+/m1/s1. The van der Waals surface area contributed by atoms with Gasteiger partial charge in [0.05, 0.1) is 0 Å². The van der Waals surface area contributed by atoms with Crippen LogP contribution in [0.2, 0.25) is 0 Å². The molecule has 2 heteroatoms. The van der Waals surface area contributed by atoms with Crippen molar-refractivity contribution in [2.75, 3.05) is 0 Å². The van der Waals surface area contributed by atoms with Gasteiger partial charge in [-0.15, -0.1) is 0 Å². The van der Waals surface area contributed by atoms with Crippen LogP contribution in [0.25, 0.3) is 0 Å². The second-order valence-electron chi connectivity index (χ2n) is 8.02. The van der Waals surface area contributed by atoms with E-state index in [1.54, 1.807) is 0 Å². The molecule has 0 aromatic rings.